The van der Waals surface area contributed by atoms with Gasteiger partial charge in [-0.25, -0.2) is 0 Å². The van der Waals surface area contributed by atoms with E-state index in [1.807, 2.05) is 11.8 Å². The molecule has 2 N–H and O–H groups in total. The van der Waals surface area contributed by atoms with Crippen molar-refractivity contribution in [3.8, 4) is 0 Å². The summed E-state index contributed by atoms with van der Waals surface area (Å²) >= 11 is 1.96. The van der Waals surface area contributed by atoms with Crippen LogP contribution in [0.2, 0.25) is 0 Å². The molecule has 0 saturated heterocycles. The predicted molar refractivity (Wildman–Crippen MR) is 89.9 cm³/mol. The molecule has 1 rings (SSSR count). The summed E-state index contributed by atoms with van der Waals surface area (Å²) < 4.78 is 4.62. The number of guanidine groups is 1. The largest absolute Gasteiger partial charge is 0.469 e. The van der Waals surface area contributed by atoms with E-state index in [0.29, 0.717) is 12.5 Å². The highest BCUT2D eigenvalue weighted by Crippen LogP contribution is 2.27. The number of rotatable bonds is 8. The summed E-state index contributed by atoms with van der Waals surface area (Å²) in [6, 6.07) is 0.537. The monoisotopic (exact) mass is 315 g/mol. The fourth-order valence-corrected chi connectivity index (χ4v) is 3.27. The van der Waals surface area contributed by atoms with Gasteiger partial charge in [0.15, 0.2) is 5.96 Å². The molecule has 0 heterocycles. The number of aliphatic imine (C=N–C) groups is 1. The molecule has 0 amide bonds. The smallest absolute Gasteiger partial charge is 0.305 e. The van der Waals surface area contributed by atoms with E-state index in [2.05, 4.69) is 33.5 Å². The highest BCUT2D eigenvalue weighted by atomic mass is 32.2. The summed E-state index contributed by atoms with van der Waals surface area (Å²) in [5, 5.41) is 7.60. The first-order valence-corrected chi connectivity index (χ1v) is 9.12. The highest BCUT2D eigenvalue weighted by molar-refractivity contribution is 7.99. The zero-order valence-electron chi connectivity index (χ0n) is 13.5. The van der Waals surface area contributed by atoms with E-state index in [-0.39, 0.29) is 5.97 Å². The SMILES string of the molecule is CCNC(=NCCCCC(=O)OC)NC1CCC(SC)C1. The number of thioether (sulfide) groups is 1. The molecule has 1 saturated carbocycles. The van der Waals surface area contributed by atoms with Gasteiger partial charge in [0.2, 0.25) is 0 Å². The van der Waals surface area contributed by atoms with Gasteiger partial charge in [0.05, 0.1) is 7.11 Å². The van der Waals surface area contributed by atoms with Gasteiger partial charge in [-0.3, -0.25) is 9.79 Å². The number of esters is 1. The van der Waals surface area contributed by atoms with Crippen LogP contribution in [0, 0.1) is 0 Å². The molecule has 122 valence electrons. The van der Waals surface area contributed by atoms with Crippen LogP contribution in [0.15, 0.2) is 4.99 Å². The molecule has 1 fully saturated rings. The molecular formula is C15H29N3O2S. The van der Waals surface area contributed by atoms with Crippen LogP contribution >= 0.6 is 11.8 Å². The van der Waals surface area contributed by atoms with E-state index in [0.717, 1.165) is 37.1 Å². The number of carbonyl (C=O) groups excluding carboxylic acids is 1. The lowest BCUT2D eigenvalue weighted by Gasteiger charge is -2.17. The molecular weight excluding hydrogens is 286 g/mol. The van der Waals surface area contributed by atoms with E-state index < -0.39 is 0 Å². The maximum Gasteiger partial charge on any atom is 0.305 e. The first-order chi connectivity index (χ1) is 10.2. The van der Waals surface area contributed by atoms with Crippen LogP contribution in [0.1, 0.15) is 45.4 Å². The van der Waals surface area contributed by atoms with Crippen molar-refractivity contribution in [2.24, 2.45) is 4.99 Å². The lowest BCUT2D eigenvalue weighted by atomic mass is 10.2. The van der Waals surface area contributed by atoms with Crippen LogP contribution in [0.5, 0.6) is 0 Å². The Bertz CT molecular complexity index is 337. The molecule has 0 aliphatic heterocycles. The van der Waals surface area contributed by atoms with Gasteiger partial charge in [0, 0.05) is 30.8 Å². The Labute approximate surface area is 132 Å². The average molecular weight is 315 g/mol. The number of unbranched alkanes of at least 4 members (excludes halogenated alkanes) is 1. The molecule has 0 bridgehead atoms. The zero-order valence-corrected chi connectivity index (χ0v) is 14.3. The second-order valence-electron chi connectivity index (χ2n) is 5.31. The fourth-order valence-electron chi connectivity index (χ4n) is 2.47. The summed E-state index contributed by atoms with van der Waals surface area (Å²) in [6.45, 7) is 3.69. The molecule has 1 aliphatic rings. The van der Waals surface area contributed by atoms with Gasteiger partial charge in [0.1, 0.15) is 0 Å². The van der Waals surface area contributed by atoms with Crippen molar-refractivity contribution in [2.45, 2.75) is 56.7 Å². The summed E-state index contributed by atoms with van der Waals surface area (Å²) in [5.74, 6) is 0.764. The minimum Gasteiger partial charge on any atom is -0.469 e. The van der Waals surface area contributed by atoms with E-state index in [1.165, 1.54) is 26.4 Å². The molecule has 0 aromatic rings. The standard InChI is InChI=1S/C15H29N3O2S/c1-4-16-15(17-10-6-5-7-14(19)20-2)18-12-8-9-13(11-12)21-3/h12-13H,4-11H2,1-3H3,(H2,16,17,18). The predicted octanol–water partition coefficient (Wildman–Crippen LogP) is 2.17. The number of methoxy groups -OCH3 is 1. The van der Waals surface area contributed by atoms with Crippen LogP contribution < -0.4 is 10.6 Å². The lowest BCUT2D eigenvalue weighted by Crippen LogP contribution is -2.42. The molecule has 2 atom stereocenters. The van der Waals surface area contributed by atoms with E-state index in [9.17, 15) is 4.79 Å². The third-order valence-electron chi connectivity index (χ3n) is 3.69. The quantitative estimate of drug-likeness (QED) is 0.311. The van der Waals surface area contributed by atoms with Crippen molar-refractivity contribution in [1.82, 2.24) is 10.6 Å². The molecule has 0 radical (unpaired) electrons. The third-order valence-corrected chi connectivity index (χ3v) is 4.78. The summed E-state index contributed by atoms with van der Waals surface area (Å²) in [7, 11) is 1.43. The zero-order chi connectivity index (χ0) is 15.5. The summed E-state index contributed by atoms with van der Waals surface area (Å²) in [6.07, 6.45) is 8.13. The van der Waals surface area contributed by atoms with Gasteiger partial charge in [0.25, 0.3) is 0 Å². The molecule has 5 nitrogen and oxygen atoms in total. The van der Waals surface area contributed by atoms with Gasteiger partial charge >= 0.3 is 5.97 Å². The molecule has 1 aliphatic carbocycles. The summed E-state index contributed by atoms with van der Waals surface area (Å²) in [4.78, 5) is 15.6. The Kier molecular flexibility index (Phi) is 9.30. The molecule has 0 aromatic heterocycles. The van der Waals surface area contributed by atoms with Crippen LogP contribution in [0.3, 0.4) is 0 Å². The first kappa shape index (κ1) is 18.1. The van der Waals surface area contributed by atoms with Crippen molar-refractivity contribution in [2.75, 3.05) is 26.5 Å². The normalized spacial score (nSPS) is 22.1. The van der Waals surface area contributed by atoms with Gasteiger partial charge in [-0.2, -0.15) is 11.8 Å². The minimum atomic E-state index is -0.141. The van der Waals surface area contributed by atoms with Crippen LogP contribution in [0.4, 0.5) is 0 Å². The van der Waals surface area contributed by atoms with Crippen molar-refractivity contribution in [3.63, 3.8) is 0 Å². The van der Waals surface area contributed by atoms with Crippen LogP contribution in [-0.4, -0.2) is 49.7 Å². The van der Waals surface area contributed by atoms with Crippen molar-refractivity contribution < 1.29 is 9.53 Å². The maximum atomic E-state index is 11.0. The van der Waals surface area contributed by atoms with Gasteiger partial charge < -0.3 is 15.4 Å². The lowest BCUT2D eigenvalue weighted by molar-refractivity contribution is -0.140. The van der Waals surface area contributed by atoms with Gasteiger partial charge in [-0.1, -0.05) is 0 Å². The topological polar surface area (TPSA) is 62.7 Å². The average Bonchev–Trinajstić information content (AvgIpc) is 2.94. The number of hydrogen-bond acceptors (Lipinski definition) is 4. The number of hydrogen-bond donors (Lipinski definition) is 2. The first-order valence-electron chi connectivity index (χ1n) is 7.84. The Morgan fingerprint density at radius 3 is 2.81 bits per heavy atom. The molecule has 6 heteroatoms. The summed E-state index contributed by atoms with van der Waals surface area (Å²) in [5.41, 5.74) is 0. The Morgan fingerprint density at radius 2 is 2.19 bits per heavy atom. The van der Waals surface area contributed by atoms with Crippen LogP contribution in [0.25, 0.3) is 0 Å². The third kappa shape index (κ3) is 7.60. The van der Waals surface area contributed by atoms with E-state index >= 15 is 0 Å². The number of carbonyl (C=O) groups is 1. The number of nitrogens with zero attached hydrogens (tertiary/aromatic N) is 1. The second kappa shape index (κ2) is 10.8. The van der Waals surface area contributed by atoms with Crippen molar-refractivity contribution in [3.05, 3.63) is 0 Å². The number of ether oxygens (including phenoxy) is 1. The Morgan fingerprint density at radius 1 is 1.38 bits per heavy atom. The maximum absolute atomic E-state index is 11.0. The fraction of sp³-hybridized carbons (Fsp3) is 0.867. The van der Waals surface area contributed by atoms with Crippen molar-refractivity contribution in [1.29, 1.82) is 0 Å². The van der Waals surface area contributed by atoms with E-state index in [4.69, 9.17) is 0 Å². The van der Waals surface area contributed by atoms with Gasteiger partial charge in [-0.05, 0) is 45.3 Å². The molecule has 2 unspecified atom stereocenters. The van der Waals surface area contributed by atoms with Crippen molar-refractivity contribution >= 4 is 23.7 Å². The molecule has 0 spiro atoms. The number of nitrogens with one attached hydrogen (secondary N) is 2. The minimum absolute atomic E-state index is 0.141. The van der Waals surface area contributed by atoms with Gasteiger partial charge in [-0.15, -0.1) is 0 Å². The Balaban J connectivity index is 2.28. The van der Waals surface area contributed by atoms with E-state index in [1.54, 1.807) is 0 Å². The molecule has 0 aromatic carbocycles. The Hall–Kier alpha value is -0.910. The second-order valence-corrected chi connectivity index (χ2v) is 6.44. The van der Waals surface area contributed by atoms with Crippen LogP contribution in [-0.2, 0) is 9.53 Å². The molecule has 21 heavy (non-hydrogen) atoms. The highest BCUT2D eigenvalue weighted by Gasteiger charge is 2.24.